The number of nitrogens with zero attached hydrogens (tertiary/aromatic N) is 3. The second-order valence-electron chi connectivity index (χ2n) is 6.39. The van der Waals surface area contributed by atoms with Gasteiger partial charge in [-0.15, -0.1) is 0 Å². The Bertz CT molecular complexity index is 952. The number of hydrogen-bond acceptors (Lipinski definition) is 3. The van der Waals surface area contributed by atoms with Crippen molar-refractivity contribution in [2.75, 3.05) is 18.0 Å². The molecule has 1 fully saturated rings. The lowest BCUT2D eigenvalue weighted by Gasteiger charge is -2.20. The Kier molecular flexibility index (Phi) is 3.77. The molecule has 4 nitrogen and oxygen atoms in total. The summed E-state index contributed by atoms with van der Waals surface area (Å²) in [6.07, 6.45) is 1.12. The maximum Gasteiger partial charge on any atom is 0.354 e. The predicted octanol–water partition coefficient (Wildman–Crippen LogP) is 3.89. The number of benzene rings is 2. The molecule has 5 heteroatoms. The van der Waals surface area contributed by atoms with Gasteiger partial charge in [0.2, 0.25) is 0 Å². The maximum absolute atomic E-state index is 12.8. The summed E-state index contributed by atoms with van der Waals surface area (Å²) in [5.74, 6) is 1.38. The number of halogens is 1. The molecule has 0 amide bonds. The minimum Gasteiger partial charge on any atom is -0.356 e. The zero-order valence-corrected chi connectivity index (χ0v) is 14.2. The third-order valence-corrected chi connectivity index (χ3v) is 4.81. The molecule has 1 aliphatic rings. The van der Waals surface area contributed by atoms with Gasteiger partial charge < -0.3 is 4.90 Å². The van der Waals surface area contributed by atoms with E-state index in [0.717, 1.165) is 41.9 Å². The van der Waals surface area contributed by atoms with Crippen LogP contribution in [0.25, 0.3) is 16.6 Å². The van der Waals surface area contributed by atoms with Crippen LogP contribution in [0.15, 0.2) is 53.3 Å². The fourth-order valence-electron chi connectivity index (χ4n) is 3.38. The lowest BCUT2D eigenvalue weighted by Crippen LogP contribution is -2.28. The van der Waals surface area contributed by atoms with Crippen molar-refractivity contribution in [2.24, 2.45) is 5.92 Å². The largest absolute Gasteiger partial charge is 0.356 e. The van der Waals surface area contributed by atoms with Crippen LogP contribution in [0.5, 0.6) is 0 Å². The maximum atomic E-state index is 12.8. The minimum absolute atomic E-state index is 0.273. The first-order chi connectivity index (χ1) is 11.6. The quantitative estimate of drug-likeness (QED) is 0.711. The third kappa shape index (κ3) is 2.57. The van der Waals surface area contributed by atoms with E-state index in [4.69, 9.17) is 11.6 Å². The van der Waals surface area contributed by atoms with Crippen LogP contribution in [0.1, 0.15) is 13.3 Å². The molecule has 0 saturated carbocycles. The van der Waals surface area contributed by atoms with E-state index in [1.165, 1.54) is 0 Å². The Morgan fingerprint density at radius 3 is 2.67 bits per heavy atom. The number of hydrogen-bond donors (Lipinski definition) is 0. The predicted molar refractivity (Wildman–Crippen MR) is 98.3 cm³/mol. The second kappa shape index (κ2) is 5.95. The average molecular weight is 340 g/mol. The number of aromatic nitrogens is 2. The molecule has 1 aromatic heterocycles. The van der Waals surface area contributed by atoms with E-state index in [1.807, 2.05) is 48.5 Å². The van der Waals surface area contributed by atoms with Gasteiger partial charge in [0.15, 0.2) is 0 Å². The highest BCUT2D eigenvalue weighted by Crippen LogP contribution is 2.30. The van der Waals surface area contributed by atoms with Crippen molar-refractivity contribution in [1.82, 2.24) is 9.55 Å². The van der Waals surface area contributed by atoms with E-state index in [2.05, 4.69) is 16.8 Å². The van der Waals surface area contributed by atoms with Crippen molar-refractivity contribution in [3.8, 4) is 5.69 Å². The molecule has 0 bridgehead atoms. The molecule has 2 heterocycles. The van der Waals surface area contributed by atoms with Gasteiger partial charge in [-0.2, -0.15) is 4.98 Å². The van der Waals surface area contributed by atoms with Gasteiger partial charge in [0.1, 0.15) is 5.82 Å². The molecule has 0 aliphatic carbocycles. The monoisotopic (exact) mass is 339 g/mol. The van der Waals surface area contributed by atoms with Gasteiger partial charge in [0.05, 0.1) is 11.2 Å². The van der Waals surface area contributed by atoms with Crippen LogP contribution in [0.4, 0.5) is 5.82 Å². The summed E-state index contributed by atoms with van der Waals surface area (Å²) in [6.45, 7) is 4.09. The fourth-order valence-corrected chi connectivity index (χ4v) is 3.54. The van der Waals surface area contributed by atoms with Crippen molar-refractivity contribution < 1.29 is 0 Å². The Balaban J connectivity index is 2.00. The zero-order valence-electron chi connectivity index (χ0n) is 13.4. The van der Waals surface area contributed by atoms with E-state index in [0.29, 0.717) is 10.9 Å². The Morgan fingerprint density at radius 1 is 1.17 bits per heavy atom. The highest BCUT2D eigenvalue weighted by atomic mass is 35.5. The zero-order chi connectivity index (χ0) is 16.7. The molecule has 1 atom stereocenters. The molecule has 1 unspecified atom stereocenters. The highest BCUT2D eigenvalue weighted by molar-refractivity contribution is 6.31. The van der Waals surface area contributed by atoms with E-state index in [-0.39, 0.29) is 5.69 Å². The molecule has 0 radical (unpaired) electrons. The number of fused-ring (bicyclic) bond motifs is 1. The topological polar surface area (TPSA) is 38.1 Å². The number of rotatable bonds is 2. The molecule has 0 spiro atoms. The first-order valence-electron chi connectivity index (χ1n) is 8.16. The van der Waals surface area contributed by atoms with Crippen molar-refractivity contribution in [3.05, 3.63) is 64.0 Å². The summed E-state index contributed by atoms with van der Waals surface area (Å²) in [4.78, 5) is 19.4. The van der Waals surface area contributed by atoms with Crippen LogP contribution in [-0.4, -0.2) is 22.6 Å². The summed E-state index contributed by atoms with van der Waals surface area (Å²) < 4.78 is 1.63. The van der Waals surface area contributed by atoms with Gasteiger partial charge in [-0.05, 0) is 42.7 Å². The molecule has 24 heavy (non-hydrogen) atoms. The second-order valence-corrected chi connectivity index (χ2v) is 6.83. The van der Waals surface area contributed by atoms with Gasteiger partial charge in [-0.25, -0.2) is 4.79 Å². The Morgan fingerprint density at radius 2 is 1.96 bits per heavy atom. The minimum atomic E-state index is -0.273. The van der Waals surface area contributed by atoms with Gasteiger partial charge in [-0.1, -0.05) is 36.7 Å². The fraction of sp³-hybridized carbons (Fsp3) is 0.263. The van der Waals surface area contributed by atoms with Crippen LogP contribution in [-0.2, 0) is 0 Å². The summed E-state index contributed by atoms with van der Waals surface area (Å²) in [5.41, 5.74) is 1.32. The lowest BCUT2D eigenvalue weighted by atomic mass is 10.2. The highest BCUT2D eigenvalue weighted by Gasteiger charge is 2.23. The van der Waals surface area contributed by atoms with Crippen LogP contribution >= 0.6 is 11.6 Å². The molecule has 122 valence electrons. The van der Waals surface area contributed by atoms with Crippen LogP contribution in [0.3, 0.4) is 0 Å². The van der Waals surface area contributed by atoms with Gasteiger partial charge in [0, 0.05) is 23.5 Å². The van der Waals surface area contributed by atoms with Crippen molar-refractivity contribution in [1.29, 1.82) is 0 Å². The SMILES string of the molecule is CC1CCN(c2nc(=O)n(-c3ccccc3)c3cc(Cl)ccc23)C1. The Labute approximate surface area is 145 Å². The molecule has 1 saturated heterocycles. The van der Waals surface area contributed by atoms with E-state index >= 15 is 0 Å². The van der Waals surface area contributed by atoms with Crippen LogP contribution in [0.2, 0.25) is 5.02 Å². The van der Waals surface area contributed by atoms with Crippen molar-refractivity contribution in [2.45, 2.75) is 13.3 Å². The molecular weight excluding hydrogens is 322 g/mol. The Hall–Kier alpha value is -2.33. The first-order valence-corrected chi connectivity index (χ1v) is 8.54. The molecule has 3 aromatic rings. The summed E-state index contributed by atoms with van der Waals surface area (Å²) in [5, 5.41) is 1.57. The lowest BCUT2D eigenvalue weighted by molar-refractivity contribution is 0.659. The molecule has 2 aromatic carbocycles. The van der Waals surface area contributed by atoms with E-state index in [1.54, 1.807) is 4.57 Å². The standard InChI is InChI=1S/C19H18ClN3O/c1-13-9-10-22(12-13)18-16-8-7-14(20)11-17(16)23(19(24)21-18)15-5-3-2-4-6-15/h2-8,11,13H,9-10,12H2,1H3. The van der Waals surface area contributed by atoms with E-state index < -0.39 is 0 Å². The summed E-state index contributed by atoms with van der Waals surface area (Å²) in [6, 6.07) is 15.2. The molecular formula is C19H18ClN3O. The third-order valence-electron chi connectivity index (χ3n) is 4.57. The van der Waals surface area contributed by atoms with Gasteiger partial charge in [-0.3, -0.25) is 4.57 Å². The van der Waals surface area contributed by atoms with Gasteiger partial charge in [0.25, 0.3) is 0 Å². The smallest absolute Gasteiger partial charge is 0.354 e. The molecule has 1 aliphatic heterocycles. The summed E-state index contributed by atoms with van der Waals surface area (Å²) >= 11 is 6.22. The van der Waals surface area contributed by atoms with Crippen molar-refractivity contribution >= 4 is 28.3 Å². The van der Waals surface area contributed by atoms with Gasteiger partial charge >= 0.3 is 5.69 Å². The molecule has 4 rings (SSSR count). The normalized spacial score (nSPS) is 17.6. The van der Waals surface area contributed by atoms with E-state index in [9.17, 15) is 4.79 Å². The average Bonchev–Trinajstić information content (AvgIpc) is 3.01. The van der Waals surface area contributed by atoms with Crippen LogP contribution in [0, 0.1) is 5.92 Å². The van der Waals surface area contributed by atoms with Crippen LogP contribution < -0.4 is 10.6 Å². The first kappa shape index (κ1) is 15.2. The number of para-hydroxylation sites is 1. The van der Waals surface area contributed by atoms with Crippen molar-refractivity contribution in [3.63, 3.8) is 0 Å². The number of anilines is 1. The summed E-state index contributed by atoms with van der Waals surface area (Å²) in [7, 11) is 0. The molecule has 0 N–H and O–H groups in total.